The first kappa shape index (κ1) is 16.7. The molecule has 1 heterocycles. The van der Waals surface area contributed by atoms with Crippen molar-refractivity contribution in [2.45, 2.75) is 31.1 Å². The Hall–Kier alpha value is -2.13. The first-order valence-electron chi connectivity index (χ1n) is 8.87. The first-order chi connectivity index (χ1) is 11.7. The van der Waals surface area contributed by atoms with Crippen molar-refractivity contribution >= 4 is 5.91 Å². The second kappa shape index (κ2) is 7.63. The van der Waals surface area contributed by atoms with Crippen LogP contribution in [0.2, 0.25) is 0 Å². The lowest BCUT2D eigenvalue weighted by Gasteiger charge is -2.32. The van der Waals surface area contributed by atoms with Gasteiger partial charge in [-0.05, 0) is 56.4 Å². The molecule has 1 fully saturated rings. The van der Waals surface area contributed by atoms with Crippen LogP contribution in [0.15, 0.2) is 60.7 Å². The molecule has 0 bridgehead atoms. The van der Waals surface area contributed by atoms with E-state index < -0.39 is 5.41 Å². The molecule has 0 radical (unpaired) electrons. The van der Waals surface area contributed by atoms with Crippen molar-refractivity contribution in [3.8, 4) is 0 Å². The molecule has 2 aromatic carbocycles. The Kier molecular flexibility index (Phi) is 5.31. The van der Waals surface area contributed by atoms with Gasteiger partial charge in [-0.1, -0.05) is 60.7 Å². The minimum absolute atomic E-state index is 0.263. The van der Waals surface area contributed by atoms with Gasteiger partial charge in [0.25, 0.3) is 0 Å². The minimum atomic E-state index is -0.748. The molecule has 0 aromatic heterocycles. The van der Waals surface area contributed by atoms with Gasteiger partial charge in [0, 0.05) is 0 Å². The van der Waals surface area contributed by atoms with Gasteiger partial charge in [0.2, 0.25) is 5.91 Å². The topological polar surface area (TPSA) is 46.3 Å². The maximum absolute atomic E-state index is 12.7. The van der Waals surface area contributed by atoms with Gasteiger partial charge in [0.15, 0.2) is 0 Å². The number of amides is 1. The normalized spacial score (nSPS) is 15.5. The Morgan fingerprint density at radius 2 is 1.42 bits per heavy atom. The van der Waals surface area contributed by atoms with E-state index in [0.29, 0.717) is 0 Å². The molecule has 0 unspecified atom stereocenters. The summed E-state index contributed by atoms with van der Waals surface area (Å²) in [5, 5.41) is 0. The van der Waals surface area contributed by atoms with Crippen LogP contribution in [0, 0.1) is 0 Å². The summed E-state index contributed by atoms with van der Waals surface area (Å²) in [5.74, 6) is -0.263. The van der Waals surface area contributed by atoms with Crippen molar-refractivity contribution in [1.29, 1.82) is 0 Å². The second-order valence-corrected chi connectivity index (χ2v) is 6.65. The Balaban J connectivity index is 1.91. The summed E-state index contributed by atoms with van der Waals surface area (Å²) < 4.78 is 0. The van der Waals surface area contributed by atoms with E-state index in [9.17, 15) is 4.79 Å². The predicted molar refractivity (Wildman–Crippen MR) is 97.8 cm³/mol. The second-order valence-electron chi connectivity index (χ2n) is 6.65. The lowest BCUT2D eigenvalue weighted by Crippen LogP contribution is -2.43. The van der Waals surface area contributed by atoms with Crippen LogP contribution in [0.1, 0.15) is 36.8 Å². The minimum Gasteiger partial charge on any atom is -0.369 e. The number of likely N-dealkylation sites (tertiary alicyclic amines) is 1. The van der Waals surface area contributed by atoms with E-state index in [1.165, 1.54) is 25.9 Å². The van der Waals surface area contributed by atoms with Gasteiger partial charge in [0.05, 0.1) is 5.41 Å². The van der Waals surface area contributed by atoms with Gasteiger partial charge in [-0.25, -0.2) is 0 Å². The van der Waals surface area contributed by atoms with Crippen LogP contribution >= 0.6 is 0 Å². The number of hydrogen-bond donors (Lipinski definition) is 1. The van der Waals surface area contributed by atoms with Crippen LogP contribution in [0.4, 0.5) is 0 Å². The molecule has 0 aliphatic carbocycles. The molecule has 0 saturated carbocycles. The molecular formula is C21H26N2O. The average molecular weight is 322 g/mol. The molecule has 2 N–H and O–H groups in total. The van der Waals surface area contributed by atoms with E-state index in [1.807, 2.05) is 60.7 Å². The highest BCUT2D eigenvalue weighted by atomic mass is 16.1. The predicted octanol–water partition coefficient (Wildman–Crippen LogP) is 3.33. The molecule has 0 spiro atoms. The molecule has 3 heteroatoms. The summed E-state index contributed by atoms with van der Waals surface area (Å²) in [4.78, 5) is 15.1. The van der Waals surface area contributed by atoms with Gasteiger partial charge in [-0.3, -0.25) is 4.79 Å². The molecule has 1 saturated heterocycles. The third-order valence-electron chi connectivity index (χ3n) is 5.18. The zero-order valence-corrected chi connectivity index (χ0v) is 14.2. The van der Waals surface area contributed by atoms with Gasteiger partial charge in [-0.2, -0.15) is 0 Å². The molecule has 1 aliphatic rings. The maximum Gasteiger partial charge on any atom is 0.232 e. The summed E-state index contributed by atoms with van der Waals surface area (Å²) in [7, 11) is 0. The number of nitrogens with two attached hydrogens (primary N) is 1. The number of carbonyl (C=O) groups excluding carboxylic acids is 1. The third-order valence-corrected chi connectivity index (χ3v) is 5.18. The van der Waals surface area contributed by atoms with E-state index >= 15 is 0 Å². The molecule has 3 nitrogen and oxygen atoms in total. The zero-order valence-electron chi connectivity index (χ0n) is 14.2. The number of primary amides is 1. The molecule has 1 aliphatic heterocycles. The summed E-state index contributed by atoms with van der Waals surface area (Å²) in [5.41, 5.74) is 7.21. The number of rotatable bonds is 7. The van der Waals surface area contributed by atoms with Gasteiger partial charge >= 0.3 is 0 Å². The Morgan fingerprint density at radius 3 is 1.88 bits per heavy atom. The maximum atomic E-state index is 12.7. The van der Waals surface area contributed by atoms with Gasteiger partial charge in [0.1, 0.15) is 0 Å². The van der Waals surface area contributed by atoms with Gasteiger partial charge in [-0.15, -0.1) is 0 Å². The van der Waals surface area contributed by atoms with Crippen molar-refractivity contribution in [3.05, 3.63) is 71.8 Å². The fourth-order valence-electron chi connectivity index (χ4n) is 3.88. The summed E-state index contributed by atoms with van der Waals surface area (Å²) in [6.45, 7) is 3.40. The van der Waals surface area contributed by atoms with Crippen LogP contribution in [-0.2, 0) is 10.2 Å². The van der Waals surface area contributed by atoms with Crippen LogP contribution < -0.4 is 5.73 Å². The van der Waals surface area contributed by atoms with E-state index in [-0.39, 0.29) is 5.91 Å². The summed E-state index contributed by atoms with van der Waals surface area (Å²) >= 11 is 0. The van der Waals surface area contributed by atoms with Crippen molar-refractivity contribution in [2.24, 2.45) is 5.73 Å². The highest BCUT2D eigenvalue weighted by Gasteiger charge is 2.39. The van der Waals surface area contributed by atoms with E-state index in [4.69, 9.17) is 5.73 Å². The lowest BCUT2D eigenvalue weighted by molar-refractivity contribution is -0.122. The monoisotopic (exact) mass is 322 g/mol. The Bertz CT molecular complexity index is 609. The molecule has 2 aromatic rings. The zero-order chi connectivity index (χ0) is 16.8. The van der Waals surface area contributed by atoms with Crippen molar-refractivity contribution in [1.82, 2.24) is 4.90 Å². The highest BCUT2D eigenvalue weighted by molar-refractivity contribution is 5.90. The number of hydrogen-bond acceptors (Lipinski definition) is 2. The van der Waals surface area contributed by atoms with E-state index in [0.717, 1.165) is 30.5 Å². The standard InChI is InChI=1S/C21H26N2O/c22-20(24)21(18-10-3-1-4-11-18,19-12-5-2-6-13-19)14-9-17-23-15-7-8-16-23/h1-6,10-13H,7-9,14-17H2,(H2,22,24). The van der Waals surface area contributed by atoms with Crippen LogP contribution in [-0.4, -0.2) is 30.4 Å². The van der Waals surface area contributed by atoms with E-state index in [2.05, 4.69) is 4.90 Å². The smallest absolute Gasteiger partial charge is 0.232 e. The summed E-state index contributed by atoms with van der Waals surface area (Å²) in [6.07, 6.45) is 4.29. The molecule has 24 heavy (non-hydrogen) atoms. The molecule has 1 amide bonds. The van der Waals surface area contributed by atoms with Crippen molar-refractivity contribution < 1.29 is 4.79 Å². The average Bonchev–Trinajstić information content (AvgIpc) is 3.13. The van der Waals surface area contributed by atoms with Crippen molar-refractivity contribution in [3.63, 3.8) is 0 Å². The fraction of sp³-hybridized carbons (Fsp3) is 0.381. The first-order valence-corrected chi connectivity index (χ1v) is 8.87. The molecule has 126 valence electrons. The Labute approximate surface area is 144 Å². The largest absolute Gasteiger partial charge is 0.369 e. The fourth-order valence-corrected chi connectivity index (χ4v) is 3.88. The SMILES string of the molecule is NC(=O)C(CCCN1CCCC1)(c1ccccc1)c1ccccc1. The third kappa shape index (κ3) is 3.36. The van der Waals surface area contributed by atoms with Crippen LogP contribution in [0.25, 0.3) is 0 Å². The quantitative estimate of drug-likeness (QED) is 0.850. The highest BCUT2D eigenvalue weighted by Crippen LogP contribution is 2.36. The molecular weight excluding hydrogens is 296 g/mol. The molecule has 3 rings (SSSR count). The van der Waals surface area contributed by atoms with Crippen LogP contribution in [0.3, 0.4) is 0 Å². The van der Waals surface area contributed by atoms with Crippen LogP contribution in [0.5, 0.6) is 0 Å². The number of nitrogens with zero attached hydrogens (tertiary/aromatic N) is 1. The van der Waals surface area contributed by atoms with Crippen molar-refractivity contribution in [2.75, 3.05) is 19.6 Å². The Morgan fingerprint density at radius 1 is 0.917 bits per heavy atom. The number of benzene rings is 2. The summed E-state index contributed by atoms with van der Waals surface area (Å²) in [6, 6.07) is 20.0. The van der Waals surface area contributed by atoms with Gasteiger partial charge < -0.3 is 10.6 Å². The molecule has 0 atom stereocenters. The van der Waals surface area contributed by atoms with E-state index in [1.54, 1.807) is 0 Å². The number of carbonyl (C=O) groups is 1. The lowest BCUT2D eigenvalue weighted by atomic mass is 9.70.